The molecule has 0 saturated heterocycles. The quantitative estimate of drug-likeness (QED) is 0.770. The molecule has 1 aromatic heterocycles. The fraction of sp³-hybridized carbons (Fsp3) is 0.389. The van der Waals surface area contributed by atoms with Crippen LogP contribution >= 0.6 is 0 Å². The molecule has 1 heterocycles. The maximum Gasteiger partial charge on any atom is 0.416 e. The predicted octanol–water partition coefficient (Wildman–Crippen LogP) is 4.88. The van der Waals surface area contributed by atoms with E-state index in [1.807, 2.05) is 12.1 Å². The largest absolute Gasteiger partial charge is 0.416 e. The maximum absolute atomic E-state index is 12.6. The Labute approximate surface area is 134 Å². The molecule has 2 nitrogen and oxygen atoms in total. The number of aryl methyl sites for hydroxylation is 1. The van der Waals surface area contributed by atoms with Gasteiger partial charge in [-0.3, -0.25) is 4.98 Å². The molecule has 2 aromatic rings. The minimum Gasteiger partial charge on any atom is -0.319 e. The van der Waals surface area contributed by atoms with E-state index in [4.69, 9.17) is 5.73 Å². The Morgan fingerprint density at radius 2 is 1.78 bits per heavy atom. The van der Waals surface area contributed by atoms with Crippen molar-refractivity contribution in [1.82, 2.24) is 4.98 Å². The molecule has 0 spiro atoms. The van der Waals surface area contributed by atoms with Crippen LogP contribution in [0.25, 0.3) is 0 Å². The Kier molecular flexibility index (Phi) is 5.77. The Morgan fingerprint density at radius 1 is 1.09 bits per heavy atom. The standard InChI is InChI=1S/C18H21F3N2/c1-2-3-4-6-14-7-5-12-23-17(14)16(22)13-8-10-15(11-9-13)18(19,20)21/h5,7-12,16H,2-4,6,22H2,1H3/t16-/m0/s1. The monoisotopic (exact) mass is 322 g/mol. The fourth-order valence-corrected chi connectivity index (χ4v) is 2.55. The summed E-state index contributed by atoms with van der Waals surface area (Å²) < 4.78 is 37.9. The number of pyridine rings is 1. The van der Waals surface area contributed by atoms with Gasteiger partial charge in [0.1, 0.15) is 0 Å². The number of rotatable bonds is 6. The molecular weight excluding hydrogens is 301 g/mol. The molecule has 5 heteroatoms. The van der Waals surface area contributed by atoms with Crippen molar-refractivity contribution in [2.45, 2.75) is 44.8 Å². The number of alkyl halides is 3. The smallest absolute Gasteiger partial charge is 0.319 e. The van der Waals surface area contributed by atoms with E-state index in [1.165, 1.54) is 12.1 Å². The van der Waals surface area contributed by atoms with Crippen molar-refractivity contribution in [3.05, 3.63) is 65.0 Å². The first kappa shape index (κ1) is 17.5. The van der Waals surface area contributed by atoms with Crippen LogP contribution < -0.4 is 5.73 Å². The van der Waals surface area contributed by atoms with Crippen molar-refractivity contribution in [2.75, 3.05) is 0 Å². The van der Waals surface area contributed by atoms with Crippen molar-refractivity contribution in [2.24, 2.45) is 5.73 Å². The van der Waals surface area contributed by atoms with E-state index < -0.39 is 17.8 Å². The van der Waals surface area contributed by atoms with Gasteiger partial charge in [0.05, 0.1) is 17.3 Å². The van der Waals surface area contributed by atoms with Gasteiger partial charge in [-0.25, -0.2) is 0 Å². The van der Waals surface area contributed by atoms with E-state index in [0.717, 1.165) is 49.1 Å². The van der Waals surface area contributed by atoms with Crippen molar-refractivity contribution < 1.29 is 13.2 Å². The Morgan fingerprint density at radius 3 is 2.39 bits per heavy atom. The molecule has 0 aliphatic heterocycles. The average Bonchev–Trinajstić information content (AvgIpc) is 2.54. The van der Waals surface area contributed by atoms with Crippen LogP contribution in [0.5, 0.6) is 0 Å². The highest BCUT2D eigenvalue weighted by Crippen LogP contribution is 2.30. The van der Waals surface area contributed by atoms with Gasteiger partial charge in [0.15, 0.2) is 0 Å². The molecule has 0 amide bonds. The first-order valence-corrected chi connectivity index (χ1v) is 7.80. The third-order valence-corrected chi connectivity index (χ3v) is 3.87. The van der Waals surface area contributed by atoms with E-state index in [0.29, 0.717) is 5.56 Å². The number of benzene rings is 1. The molecule has 2 N–H and O–H groups in total. The van der Waals surface area contributed by atoms with Gasteiger partial charge in [-0.2, -0.15) is 13.2 Å². The fourth-order valence-electron chi connectivity index (χ4n) is 2.55. The lowest BCUT2D eigenvalue weighted by molar-refractivity contribution is -0.137. The third-order valence-electron chi connectivity index (χ3n) is 3.87. The third kappa shape index (κ3) is 4.55. The van der Waals surface area contributed by atoms with Crippen molar-refractivity contribution in [1.29, 1.82) is 0 Å². The summed E-state index contributed by atoms with van der Waals surface area (Å²) >= 11 is 0. The Balaban J connectivity index is 2.21. The van der Waals surface area contributed by atoms with E-state index >= 15 is 0 Å². The van der Waals surface area contributed by atoms with Crippen molar-refractivity contribution in [3.63, 3.8) is 0 Å². The summed E-state index contributed by atoms with van der Waals surface area (Å²) in [5.41, 5.74) is 8.00. The van der Waals surface area contributed by atoms with Gasteiger partial charge in [-0.15, -0.1) is 0 Å². The highest BCUT2D eigenvalue weighted by atomic mass is 19.4. The Hall–Kier alpha value is -1.88. The van der Waals surface area contributed by atoms with Crippen LogP contribution in [0, 0.1) is 0 Å². The molecule has 0 saturated carbocycles. The molecule has 0 aliphatic carbocycles. The van der Waals surface area contributed by atoms with E-state index in [2.05, 4.69) is 11.9 Å². The SMILES string of the molecule is CCCCCc1cccnc1[C@@H](N)c1ccc(C(F)(F)F)cc1. The van der Waals surface area contributed by atoms with Gasteiger partial charge in [-0.1, -0.05) is 38.0 Å². The van der Waals surface area contributed by atoms with Gasteiger partial charge in [0.2, 0.25) is 0 Å². The molecule has 0 radical (unpaired) electrons. The molecule has 0 bridgehead atoms. The molecular formula is C18H21F3N2. The molecule has 0 aliphatic rings. The summed E-state index contributed by atoms with van der Waals surface area (Å²) in [6.45, 7) is 2.14. The summed E-state index contributed by atoms with van der Waals surface area (Å²) in [7, 11) is 0. The summed E-state index contributed by atoms with van der Waals surface area (Å²) in [5, 5.41) is 0. The number of hydrogen-bond acceptors (Lipinski definition) is 2. The van der Waals surface area contributed by atoms with Crippen LogP contribution in [-0.4, -0.2) is 4.98 Å². The average molecular weight is 322 g/mol. The molecule has 0 fully saturated rings. The van der Waals surface area contributed by atoms with E-state index in [-0.39, 0.29) is 0 Å². The van der Waals surface area contributed by atoms with Gasteiger partial charge in [-0.05, 0) is 42.2 Å². The summed E-state index contributed by atoms with van der Waals surface area (Å²) in [6.07, 6.45) is 1.52. The minimum atomic E-state index is -4.33. The van der Waals surface area contributed by atoms with E-state index in [1.54, 1.807) is 6.20 Å². The number of hydrogen-bond donors (Lipinski definition) is 1. The van der Waals surface area contributed by atoms with E-state index in [9.17, 15) is 13.2 Å². The first-order valence-electron chi connectivity index (χ1n) is 7.80. The molecule has 1 atom stereocenters. The van der Waals surface area contributed by atoms with Gasteiger partial charge in [0, 0.05) is 6.20 Å². The number of halogens is 3. The number of nitrogens with two attached hydrogens (primary N) is 1. The lowest BCUT2D eigenvalue weighted by Gasteiger charge is -2.16. The van der Waals surface area contributed by atoms with Gasteiger partial charge >= 0.3 is 6.18 Å². The van der Waals surface area contributed by atoms with Crippen molar-refractivity contribution in [3.8, 4) is 0 Å². The molecule has 2 rings (SSSR count). The predicted molar refractivity (Wildman–Crippen MR) is 84.9 cm³/mol. The zero-order valence-electron chi connectivity index (χ0n) is 13.1. The number of aromatic nitrogens is 1. The van der Waals surface area contributed by atoms with Crippen LogP contribution in [0.1, 0.15) is 54.6 Å². The highest BCUT2D eigenvalue weighted by Gasteiger charge is 2.30. The molecule has 124 valence electrons. The second-order valence-electron chi connectivity index (χ2n) is 5.60. The van der Waals surface area contributed by atoms with Crippen LogP contribution in [0.3, 0.4) is 0 Å². The number of nitrogens with zero attached hydrogens (tertiary/aromatic N) is 1. The Bertz CT molecular complexity index is 621. The summed E-state index contributed by atoms with van der Waals surface area (Å²) in [5.74, 6) is 0. The lowest BCUT2D eigenvalue weighted by atomic mass is 9.96. The highest BCUT2D eigenvalue weighted by molar-refractivity contribution is 5.34. The zero-order chi connectivity index (χ0) is 16.9. The number of unbranched alkanes of at least 4 members (excludes halogenated alkanes) is 2. The molecule has 0 unspecified atom stereocenters. The van der Waals surface area contributed by atoms with Gasteiger partial charge < -0.3 is 5.73 Å². The topological polar surface area (TPSA) is 38.9 Å². The first-order chi connectivity index (χ1) is 10.9. The minimum absolute atomic E-state index is 0.518. The van der Waals surface area contributed by atoms with Crippen LogP contribution in [0.4, 0.5) is 13.2 Å². The van der Waals surface area contributed by atoms with Gasteiger partial charge in [0.25, 0.3) is 0 Å². The molecule has 1 aromatic carbocycles. The van der Waals surface area contributed by atoms with Crippen LogP contribution in [0.2, 0.25) is 0 Å². The second-order valence-corrected chi connectivity index (χ2v) is 5.60. The summed E-state index contributed by atoms with van der Waals surface area (Å²) in [6, 6.07) is 8.32. The van der Waals surface area contributed by atoms with Crippen molar-refractivity contribution >= 4 is 0 Å². The zero-order valence-corrected chi connectivity index (χ0v) is 13.1. The second kappa shape index (κ2) is 7.59. The van der Waals surface area contributed by atoms with Crippen LogP contribution in [0.15, 0.2) is 42.6 Å². The molecule has 23 heavy (non-hydrogen) atoms. The lowest BCUT2D eigenvalue weighted by Crippen LogP contribution is -2.16. The maximum atomic E-state index is 12.6. The normalized spacial score (nSPS) is 13.1. The summed E-state index contributed by atoms with van der Waals surface area (Å²) in [4.78, 5) is 4.36. The van der Waals surface area contributed by atoms with Crippen LogP contribution in [-0.2, 0) is 12.6 Å².